The lowest BCUT2D eigenvalue weighted by Crippen LogP contribution is -2.35. The molecule has 0 aromatic heterocycles. The summed E-state index contributed by atoms with van der Waals surface area (Å²) < 4.78 is 12.5. The Morgan fingerprint density at radius 1 is 1.06 bits per heavy atom. The molecule has 0 aliphatic carbocycles. The molecule has 3 aromatic carbocycles. The monoisotopic (exact) mass is 601 g/mol. The number of nitro benzene ring substituents is 1. The van der Waals surface area contributed by atoms with Crippen LogP contribution in [0.1, 0.15) is 11.1 Å². The first-order valence-electron chi connectivity index (χ1n) is 10.1. The molecule has 1 aliphatic heterocycles. The molecule has 35 heavy (non-hydrogen) atoms. The average Bonchev–Trinajstić information content (AvgIpc) is 3.15. The maximum absolute atomic E-state index is 12.9. The molecule has 1 heterocycles. The van der Waals surface area contributed by atoms with Crippen molar-refractivity contribution in [3.05, 3.63) is 96.4 Å². The Morgan fingerprint density at radius 2 is 1.74 bits per heavy atom. The minimum absolute atomic E-state index is 0.0102. The van der Waals surface area contributed by atoms with Crippen molar-refractivity contribution in [2.75, 3.05) is 12.1 Å². The summed E-state index contributed by atoms with van der Waals surface area (Å²) >= 11 is 6.98. The van der Waals surface area contributed by atoms with Gasteiger partial charge in [-0.05, 0) is 79.4 Å². The van der Waals surface area contributed by atoms with E-state index < -0.39 is 16.7 Å². The predicted molar refractivity (Wildman–Crippen MR) is 136 cm³/mol. The fourth-order valence-electron chi connectivity index (χ4n) is 3.34. The van der Waals surface area contributed by atoms with Gasteiger partial charge in [0.25, 0.3) is 17.5 Å². The van der Waals surface area contributed by atoms with Gasteiger partial charge in [0.1, 0.15) is 12.2 Å². The van der Waals surface area contributed by atoms with Crippen LogP contribution < -0.4 is 19.9 Å². The fraction of sp³-hybridized carbons (Fsp3) is 0.0833. The van der Waals surface area contributed by atoms with Crippen LogP contribution in [0.3, 0.4) is 0 Å². The van der Waals surface area contributed by atoms with Crippen LogP contribution in [0.5, 0.6) is 11.5 Å². The molecular weight excluding hydrogens is 586 g/mol. The topological polar surface area (TPSA) is 111 Å². The van der Waals surface area contributed by atoms with E-state index in [0.717, 1.165) is 5.56 Å². The summed E-state index contributed by atoms with van der Waals surface area (Å²) in [6.07, 6.45) is 1.47. The minimum Gasteiger partial charge on any atom is -0.493 e. The molecule has 0 spiro atoms. The van der Waals surface area contributed by atoms with Gasteiger partial charge in [-0.3, -0.25) is 25.1 Å². The minimum atomic E-state index is -0.528. The van der Waals surface area contributed by atoms with E-state index in [4.69, 9.17) is 9.47 Å². The Balaban J connectivity index is 1.61. The number of nitrogens with one attached hydrogen (secondary N) is 1. The first kappa shape index (κ1) is 24.4. The molecule has 0 bridgehead atoms. The lowest BCUT2D eigenvalue weighted by Gasteiger charge is -2.16. The summed E-state index contributed by atoms with van der Waals surface area (Å²) in [5, 5.41) is 12.0. The number of ether oxygens (including phenoxy) is 2. The largest absolute Gasteiger partial charge is 0.493 e. The maximum atomic E-state index is 12.9. The van der Waals surface area contributed by atoms with Crippen molar-refractivity contribution >= 4 is 61.1 Å². The molecule has 1 fully saturated rings. The number of halogens is 2. The predicted octanol–water partition coefficient (Wildman–Crippen LogP) is 5.17. The van der Waals surface area contributed by atoms with E-state index >= 15 is 0 Å². The molecule has 2 amide bonds. The number of nitro groups is 1. The highest BCUT2D eigenvalue weighted by Gasteiger charge is 2.34. The quantitative estimate of drug-likeness (QED) is 0.173. The SMILES string of the molecule is COc1cc(/C=C2/C(=O)NN(c3ccccc3)C2=O)c(Br)c(Br)c1OCc1ccc([N+](=O)[O-])cc1. The standard InChI is InChI=1S/C24H17Br2N3O6/c1-34-19-12-15(11-18-23(30)27-28(24(18)31)16-5-3-2-4-6-16)20(25)21(26)22(19)35-13-14-7-9-17(10-8-14)29(32)33/h2-12H,13H2,1H3,(H,27,30)/b18-11-. The lowest BCUT2D eigenvalue weighted by molar-refractivity contribution is -0.384. The normalized spacial score (nSPS) is 14.3. The number of nitrogens with zero attached hydrogens (tertiary/aromatic N) is 2. The van der Waals surface area contributed by atoms with E-state index in [9.17, 15) is 19.7 Å². The van der Waals surface area contributed by atoms with Crippen LogP contribution in [-0.2, 0) is 16.2 Å². The van der Waals surface area contributed by atoms with Gasteiger partial charge in [0.05, 0.1) is 22.2 Å². The second kappa shape index (κ2) is 10.3. The Morgan fingerprint density at radius 3 is 2.37 bits per heavy atom. The third-order valence-electron chi connectivity index (χ3n) is 5.11. The molecule has 4 rings (SSSR count). The van der Waals surface area contributed by atoms with E-state index in [-0.39, 0.29) is 17.9 Å². The summed E-state index contributed by atoms with van der Waals surface area (Å²) in [7, 11) is 1.47. The molecule has 11 heteroatoms. The molecular formula is C24H17Br2N3O6. The highest BCUT2D eigenvalue weighted by atomic mass is 79.9. The van der Waals surface area contributed by atoms with E-state index in [1.54, 1.807) is 42.5 Å². The number of hydrogen-bond acceptors (Lipinski definition) is 6. The number of non-ortho nitro benzene ring substituents is 1. The molecule has 1 N–H and O–H groups in total. The van der Waals surface area contributed by atoms with Crippen LogP contribution in [0.25, 0.3) is 6.08 Å². The third-order valence-corrected chi connectivity index (χ3v) is 7.25. The zero-order valence-corrected chi connectivity index (χ0v) is 21.3. The number of hydrogen-bond donors (Lipinski definition) is 1. The zero-order valence-electron chi connectivity index (χ0n) is 18.2. The van der Waals surface area contributed by atoms with Crippen LogP contribution in [0.15, 0.2) is 75.2 Å². The number of rotatable bonds is 7. The van der Waals surface area contributed by atoms with Crippen LogP contribution in [0.2, 0.25) is 0 Å². The van der Waals surface area contributed by atoms with Crippen LogP contribution in [0, 0.1) is 10.1 Å². The van der Waals surface area contributed by atoms with Gasteiger partial charge in [0.15, 0.2) is 11.5 Å². The Hall–Kier alpha value is -3.70. The van der Waals surface area contributed by atoms with Crippen LogP contribution >= 0.6 is 31.9 Å². The van der Waals surface area contributed by atoms with Gasteiger partial charge in [-0.2, -0.15) is 0 Å². The van der Waals surface area contributed by atoms with Crippen molar-refractivity contribution in [1.29, 1.82) is 0 Å². The van der Waals surface area contributed by atoms with Gasteiger partial charge < -0.3 is 9.47 Å². The van der Waals surface area contributed by atoms with Crippen molar-refractivity contribution in [2.45, 2.75) is 6.61 Å². The van der Waals surface area contributed by atoms with Gasteiger partial charge in [-0.25, -0.2) is 5.01 Å². The number of hydrazine groups is 1. The van der Waals surface area contributed by atoms with Crippen molar-refractivity contribution in [3.8, 4) is 11.5 Å². The Labute approximate surface area is 216 Å². The molecule has 3 aromatic rings. The second-order valence-electron chi connectivity index (χ2n) is 7.31. The summed E-state index contributed by atoms with van der Waals surface area (Å²) in [5.41, 5.74) is 4.30. The number of anilines is 1. The molecule has 1 saturated heterocycles. The summed E-state index contributed by atoms with van der Waals surface area (Å²) in [5.74, 6) is -0.270. The number of para-hydroxylation sites is 1. The number of amides is 2. The molecule has 0 unspecified atom stereocenters. The van der Waals surface area contributed by atoms with E-state index in [1.807, 2.05) is 6.07 Å². The number of methoxy groups -OCH3 is 1. The van der Waals surface area contributed by atoms with Crippen molar-refractivity contribution in [2.24, 2.45) is 0 Å². The number of benzene rings is 3. The van der Waals surface area contributed by atoms with Crippen LogP contribution in [-0.4, -0.2) is 23.8 Å². The third kappa shape index (κ3) is 5.05. The maximum Gasteiger partial charge on any atom is 0.282 e. The first-order valence-corrected chi connectivity index (χ1v) is 11.7. The Bertz CT molecular complexity index is 1340. The fourth-order valence-corrected chi connectivity index (χ4v) is 4.28. The van der Waals surface area contributed by atoms with Gasteiger partial charge in [-0.1, -0.05) is 18.2 Å². The van der Waals surface area contributed by atoms with Gasteiger partial charge >= 0.3 is 0 Å². The molecule has 0 atom stereocenters. The zero-order chi connectivity index (χ0) is 25.1. The molecule has 1 aliphatic rings. The highest BCUT2D eigenvalue weighted by molar-refractivity contribution is 9.13. The summed E-state index contributed by atoms with van der Waals surface area (Å²) in [6.45, 7) is 0.132. The molecule has 0 radical (unpaired) electrons. The van der Waals surface area contributed by atoms with Crippen molar-refractivity contribution in [1.82, 2.24) is 5.43 Å². The molecule has 0 saturated carbocycles. The van der Waals surface area contributed by atoms with Crippen molar-refractivity contribution in [3.63, 3.8) is 0 Å². The highest BCUT2D eigenvalue weighted by Crippen LogP contribution is 2.44. The van der Waals surface area contributed by atoms with Crippen molar-refractivity contribution < 1.29 is 24.0 Å². The first-order chi connectivity index (χ1) is 16.8. The van der Waals surface area contributed by atoms with Gasteiger partial charge in [-0.15, -0.1) is 0 Å². The van der Waals surface area contributed by atoms with E-state index in [2.05, 4.69) is 37.3 Å². The summed E-state index contributed by atoms with van der Waals surface area (Å²) in [4.78, 5) is 35.8. The van der Waals surface area contributed by atoms with Gasteiger partial charge in [0.2, 0.25) is 0 Å². The lowest BCUT2D eigenvalue weighted by atomic mass is 10.1. The number of carbonyl (C=O) groups is 2. The summed E-state index contributed by atoms with van der Waals surface area (Å²) in [6, 6.07) is 16.4. The Kier molecular flexibility index (Phi) is 7.17. The van der Waals surface area contributed by atoms with Crippen LogP contribution in [0.4, 0.5) is 11.4 Å². The molecule has 9 nitrogen and oxygen atoms in total. The number of carbonyl (C=O) groups excluding carboxylic acids is 2. The smallest absolute Gasteiger partial charge is 0.282 e. The average molecular weight is 603 g/mol. The second-order valence-corrected chi connectivity index (χ2v) is 8.90. The molecule has 178 valence electrons. The van der Waals surface area contributed by atoms with Gasteiger partial charge in [0, 0.05) is 16.6 Å². The van der Waals surface area contributed by atoms with E-state index in [0.29, 0.717) is 31.7 Å². The van der Waals surface area contributed by atoms with E-state index in [1.165, 1.54) is 30.3 Å².